The van der Waals surface area contributed by atoms with E-state index >= 15 is 0 Å². The lowest BCUT2D eigenvalue weighted by Gasteiger charge is -2.31. The van der Waals surface area contributed by atoms with E-state index in [2.05, 4.69) is 34.9 Å². The number of carbonyl (C=O) groups is 3. The lowest BCUT2D eigenvalue weighted by atomic mass is 9.76. The second-order valence-electron chi connectivity index (χ2n) is 9.79. The highest BCUT2D eigenvalue weighted by Crippen LogP contribution is 2.44. The number of amides is 2. The molecule has 1 fully saturated rings. The normalized spacial score (nSPS) is 16.4. The quantitative estimate of drug-likeness (QED) is 0.439. The molecule has 0 spiro atoms. The third-order valence-electron chi connectivity index (χ3n) is 7.36. The summed E-state index contributed by atoms with van der Waals surface area (Å²) in [6.45, 7) is 2.82. The number of rotatable bonds is 11. The molecule has 0 bridgehead atoms. The van der Waals surface area contributed by atoms with Gasteiger partial charge in [0.05, 0.1) is 5.92 Å². The number of aliphatic carboxylic acids is 1. The average molecular weight is 479 g/mol. The van der Waals surface area contributed by atoms with Crippen LogP contribution in [-0.4, -0.2) is 42.8 Å². The van der Waals surface area contributed by atoms with Gasteiger partial charge in [-0.2, -0.15) is 0 Å². The Morgan fingerprint density at radius 3 is 2.17 bits per heavy atom. The predicted octanol–water partition coefficient (Wildman–Crippen LogP) is 4.56. The monoisotopic (exact) mass is 478 g/mol. The second kappa shape index (κ2) is 11.4. The number of carboxylic acids is 1. The van der Waals surface area contributed by atoms with E-state index in [4.69, 9.17) is 4.74 Å². The zero-order chi connectivity index (χ0) is 24.8. The summed E-state index contributed by atoms with van der Waals surface area (Å²) in [4.78, 5) is 35.9. The van der Waals surface area contributed by atoms with Crippen LogP contribution in [0, 0.1) is 17.8 Å². The topological polar surface area (TPSA) is 105 Å². The third-order valence-corrected chi connectivity index (χ3v) is 7.36. The average Bonchev–Trinajstić information content (AvgIpc) is 3.15. The van der Waals surface area contributed by atoms with Crippen molar-refractivity contribution in [1.82, 2.24) is 10.6 Å². The summed E-state index contributed by atoms with van der Waals surface area (Å²) in [6.07, 6.45) is 3.34. The van der Waals surface area contributed by atoms with E-state index in [1.807, 2.05) is 31.2 Å². The van der Waals surface area contributed by atoms with Crippen LogP contribution in [0.3, 0.4) is 0 Å². The molecule has 0 heterocycles. The minimum absolute atomic E-state index is 0.0174. The van der Waals surface area contributed by atoms with Gasteiger partial charge >= 0.3 is 12.1 Å². The number of nitrogens with one attached hydrogen (secondary N) is 2. The number of carboxylic acid groups (broad SMARTS) is 1. The molecule has 1 saturated carbocycles. The van der Waals surface area contributed by atoms with Crippen LogP contribution in [0.5, 0.6) is 0 Å². The van der Waals surface area contributed by atoms with Crippen molar-refractivity contribution in [1.29, 1.82) is 0 Å². The molecule has 2 amide bonds. The maximum absolute atomic E-state index is 12.3. The van der Waals surface area contributed by atoms with Gasteiger partial charge < -0.3 is 20.5 Å². The molecule has 7 heteroatoms. The van der Waals surface area contributed by atoms with Gasteiger partial charge in [0.1, 0.15) is 6.61 Å². The summed E-state index contributed by atoms with van der Waals surface area (Å²) in [5.74, 6) is -1.21. The van der Waals surface area contributed by atoms with Crippen molar-refractivity contribution in [3.63, 3.8) is 0 Å². The van der Waals surface area contributed by atoms with Gasteiger partial charge in [0.2, 0.25) is 5.91 Å². The number of benzene rings is 2. The number of carbonyl (C=O) groups excluding carboxylic acids is 2. The molecule has 2 unspecified atom stereocenters. The summed E-state index contributed by atoms with van der Waals surface area (Å²) in [6, 6.07) is 16.4. The Balaban J connectivity index is 1.16. The summed E-state index contributed by atoms with van der Waals surface area (Å²) < 4.78 is 5.56. The van der Waals surface area contributed by atoms with Crippen LogP contribution in [0.4, 0.5) is 4.79 Å². The molecule has 35 heavy (non-hydrogen) atoms. The Hall–Kier alpha value is -3.35. The first-order valence-corrected chi connectivity index (χ1v) is 12.5. The standard InChI is InChI=1S/C28H34N2O5/c1-18(13-14-26(31)29-16-24(27(32)33)19-7-6-8-19)15-30-28(34)35-17-25-22-11-4-2-9-20(22)21-10-3-5-12-23(21)25/h2-5,9-12,18-19,24-25H,6-8,13-17H2,1H3,(H,29,31)(H,30,34)(H,32,33). The lowest BCUT2D eigenvalue weighted by molar-refractivity contribution is -0.144. The van der Waals surface area contributed by atoms with E-state index in [1.54, 1.807) is 0 Å². The van der Waals surface area contributed by atoms with E-state index in [-0.39, 0.29) is 36.8 Å². The Labute approximate surface area is 206 Å². The first-order valence-electron chi connectivity index (χ1n) is 12.5. The highest BCUT2D eigenvalue weighted by Gasteiger charge is 2.32. The molecule has 4 rings (SSSR count). The molecule has 186 valence electrons. The van der Waals surface area contributed by atoms with E-state index in [0.29, 0.717) is 19.4 Å². The van der Waals surface area contributed by atoms with Crippen LogP contribution in [0.25, 0.3) is 11.1 Å². The smallest absolute Gasteiger partial charge is 0.407 e. The van der Waals surface area contributed by atoms with Gasteiger partial charge in [-0.15, -0.1) is 0 Å². The van der Waals surface area contributed by atoms with Crippen molar-refractivity contribution in [2.24, 2.45) is 17.8 Å². The van der Waals surface area contributed by atoms with Gasteiger partial charge in [0.25, 0.3) is 0 Å². The van der Waals surface area contributed by atoms with Gasteiger partial charge in [-0.25, -0.2) is 4.79 Å². The zero-order valence-electron chi connectivity index (χ0n) is 20.2. The first-order chi connectivity index (χ1) is 16.9. The molecule has 0 aromatic heterocycles. The van der Waals surface area contributed by atoms with Gasteiger partial charge in [0, 0.05) is 25.4 Å². The Bertz CT molecular complexity index is 1020. The predicted molar refractivity (Wildman–Crippen MR) is 133 cm³/mol. The Kier molecular flexibility index (Phi) is 8.06. The molecule has 0 saturated heterocycles. The molecular formula is C28H34N2O5. The van der Waals surface area contributed by atoms with E-state index in [1.165, 1.54) is 22.3 Å². The zero-order valence-corrected chi connectivity index (χ0v) is 20.2. The minimum Gasteiger partial charge on any atom is -0.481 e. The van der Waals surface area contributed by atoms with Crippen molar-refractivity contribution >= 4 is 18.0 Å². The highest BCUT2D eigenvalue weighted by atomic mass is 16.5. The van der Waals surface area contributed by atoms with Gasteiger partial charge in [-0.1, -0.05) is 61.9 Å². The van der Waals surface area contributed by atoms with E-state index in [9.17, 15) is 19.5 Å². The van der Waals surface area contributed by atoms with Crippen LogP contribution >= 0.6 is 0 Å². The molecule has 0 radical (unpaired) electrons. The summed E-state index contributed by atoms with van der Waals surface area (Å²) in [7, 11) is 0. The van der Waals surface area contributed by atoms with Crippen molar-refractivity contribution in [2.45, 2.75) is 44.9 Å². The highest BCUT2D eigenvalue weighted by molar-refractivity contribution is 5.79. The Morgan fingerprint density at radius 2 is 1.60 bits per heavy atom. The third kappa shape index (κ3) is 6.02. The maximum atomic E-state index is 12.3. The minimum atomic E-state index is -0.837. The number of alkyl carbamates (subject to hydrolysis) is 1. The number of fused-ring (bicyclic) bond motifs is 3. The fraction of sp³-hybridized carbons (Fsp3) is 0.464. The largest absolute Gasteiger partial charge is 0.481 e. The van der Waals surface area contributed by atoms with Crippen molar-refractivity contribution in [3.8, 4) is 11.1 Å². The summed E-state index contributed by atoms with van der Waals surface area (Å²) in [5, 5.41) is 14.9. The van der Waals surface area contributed by atoms with Crippen LogP contribution < -0.4 is 10.6 Å². The number of hydrogen-bond acceptors (Lipinski definition) is 4. The fourth-order valence-electron chi connectivity index (χ4n) is 5.00. The van der Waals surface area contributed by atoms with E-state index in [0.717, 1.165) is 19.3 Å². The maximum Gasteiger partial charge on any atom is 0.407 e. The lowest BCUT2D eigenvalue weighted by Crippen LogP contribution is -2.39. The first kappa shape index (κ1) is 24.8. The van der Waals surface area contributed by atoms with Crippen molar-refractivity contribution in [2.75, 3.05) is 19.7 Å². The summed E-state index contributed by atoms with van der Waals surface area (Å²) >= 11 is 0. The number of ether oxygens (including phenoxy) is 1. The molecule has 3 N–H and O–H groups in total. The fourth-order valence-corrected chi connectivity index (χ4v) is 5.00. The van der Waals surface area contributed by atoms with E-state index < -0.39 is 18.0 Å². The molecule has 2 aromatic carbocycles. The van der Waals surface area contributed by atoms with Crippen LogP contribution in [0.1, 0.15) is 56.1 Å². The Morgan fingerprint density at radius 1 is 0.971 bits per heavy atom. The summed E-state index contributed by atoms with van der Waals surface area (Å²) in [5.41, 5.74) is 4.71. The molecular weight excluding hydrogens is 444 g/mol. The van der Waals surface area contributed by atoms with Gasteiger partial charge in [-0.3, -0.25) is 9.59 Å². The molecule has 2 atom stereocenters. The second-order valence-corrected chi connectivity index (χ2v) is 9.79. The van der Waals surface area contributed by atoms with Gasteiger partial charge in [-0.05, 0) is 53.4 Å². The SMILES string of the molecule is CC(CCC(=O)NCC(C(=O)O)C1CCC1)CNC(=O)OCC1c2ccccc2-c2ccccc21. The van der Waals surface area contributed by atoms with Crippen molar-refractivity contribution < 1.29 is 24.2 Å². The molecule has 2 aromatic rings. The van der Waals surface area contributed by atoms with Crippen LogP contribution in [0.15, 0.2) is 48.5 Å². The van der Waals surface area contributed by atoms with Gasteiger partial charge in [0.15, 0.2) is 0 Å². The van der Waals surface area contributed by atoms with Crippen LogP contribution in [0.2, 0.25) is 0 Å². The van der Waals surface area contributed by atoms with Crippen molar-refractivity contribution in [3.05, 3.63) is 59.7 Å². The molecule has 2 aliphatic carbocycles. The molecule has 2 aliphatic rings. The molecule has 0 aliphatic heterocycles. The number of hydrogen-bond donors (Lipinski definition) is 3. The molecule has 7 nitrogen and oxygen atoms in total. The van der Waals surface area contributed by atoms with Crippen LogP contribution in [-0.2, 0) is 14.3 Å².